The molecule has 0 bridgehead atoms. The van der Waals surface area contributed by atoms with E-state index in [1.54, 1.807) is 42.5 Å². The Kier molecular flexibility index (Phi) is 5.05. The molecule has 33 heavy (non-hydrogen) atoms. The number of carbonyl (C=O) groups excluding carboxylic acids is 2. The van der Waals surface area contributed by atoms with Crippen LogP contribution in [0.5, 0.6) is 11.5 Å². The predicted molar refractivity (Wildman–Crippen MR) is 120 cm³/mol. The number of amides is 1. The van der Waals surface area contributed by atoms with Crippen molar-refractivity contribution in [3.63, 3.8) is 0 Å². The molecule has 0 aliphatic carbocycles. The van der Waals surface area contributed by atoms with Gasteiger partial charge in [-0.05, 0) is 48.0 Å². The zero-order valence-electron chi connectivity index (χ0n) is 17.9. The molecule has 2 N–H and O–H groups in total. The second-order valence-electron chi connectivity index (χ2n) is 8.05. The standard InChI is InChI=1S/C25H22N2O6/c1-26-9-11-33-20-8-7-16(13-19(20)26)23(29)21-22(15-4-2-5-17(28)12-15)27(25(31)24(21)30)14-18-6-3-10-32-18/h2-8,10,12-13,22,28-29H,9,11,14H2,1H3/b23-21-. The molecule has 8 heteroatoms. The molecule has 1 amide bonds. The van der Waals surface area contributed by atoms with Gasteiger partial charge in [-0.15, -0.1) is 0 Å². The monoisotopic (exact) mass is 446 g/mol. The largest absolute Gasteiger partial charge is 0.508 e. The number of hydrogen-bond donors (Lipinski definition) is 2. The van der Waals surface area contributed by atoms with Gasteiger partial charge in [0.25, 0.3) is 11.7 Å². The van der Waals surface area contributed by atoms with E-state index in [1.807, 2.05) is 11.9 Å². The lowest BCUT2D eigenvalue weighted by molar-refractivity contribution is -0.140. The number of aliphatic hydroxyl groups excluding tert-OH is 1. The maximum absolute atomic E-state index is 13.1. The van der Waals surface area contributed by atoms with Crippen LogP contribution in [0.15, 0.2) is 70.9 Å². The minimum atomic E-state index is -0.896. The number of likely N-dealkylation sites (tertiary alicyclic amines) is 1. The van der Waals surface area contributed by atoms with E-state index in [0.717, 1.165) is 5.69 Å². The van der Waals surface area contributed by atoms with E-state index in [1.165, 1.54) is 23.3 Å². The predicted octanol–water partition coefficient (Wildman–Crippen LogP) is 3.44. The van der Waals surface area contributed by atoms with Crippen molar-refractivity contribution >= 4 is 23.1 Å². The van der Waals surface area contributed by atoms with Crippen molar-refractivity contribution in [1.29, 1.82) is 0 Å². The van der Waals surface area contributed by atoms with Gasteiger partial charge in [-0.3, -0.25) is 9.59 Å². The third-order valence-electron chi connectivity index (χ3n) is 5.96. The number of phenols is 1. The van der Waals surface area contributed by atoms with Crippen LogP contribution in [0.2, 0.25) is 0 Å². The lowest BCUT2D eigenvalue weighted by Crippen LogP contribution is -2.29. The number of benzene rings is 2. The van der Waals surface area contributed by atoms with E-state index < -0.39 is 17.7 Å². The summed E-state index contributed by atoms with van der Waals surface area (Å²) < 4.78 is 11.1. The van der Waals surface area contributed by atoms with Crippen molar-refractivity contribution in [2.24, 2.45) is 0 Å². The van der Waals surface area contributed by atoms with E-state index in [-0.39, 0.29) is 23.6 Å². The fourth-order valence-electron chi connectivity index (χ4n) is 4.31. The van der Waals surface area contributed by atoms with Gasteiger partial charge < -0.3 is 29.2 Å². The molecule has 5 rings (SSSR count). The quantitative estimate of drug-likeness (QED) is 0.359. The maximum atomic E-state index is 13.1. The average molecular weight is 446 g/mol. The molecule has 1 saturated heterocycles. The summed E-state index contributed by atoms with van der Waals surface area (Å²) in [4.78, 5) is 29.5. The van der Waals surface area contributed by atoms with Crippen molar-refractivity contribution in [2.45, 2.75) is 12.6 Å². The number of ether oxygens (including phenoxy) is 1. The molecule has 0 spiro atoms. The first-order valence-corrected chi connectivity index (χ1v) is 10.5. The molecule has 3 heterocycles. The highest BCUT2D eigenvalue weighted by Gasteiger charge is 2.46. The highest BCUT2D eigenvalue weighted by Crippen LogP contribution is 2.42. The number of ketones is 1. The van der Waals surface area contributed by atoms with Gasteiger partial charge >= 0.3 is 0 Å². The highest BCUT2D eigenvalue weighted by atomic mass is 16.5. The lowest BCUT2D eigenvalue weighted by atomic mass is 9.94. The Bertz CT molecular complexity index is 1260. The second-order valence-corrected chi connectivity index (χ2v) is 8.05. The number of hydrogen-bond acceptors (Lipinski definition) is 7. The molecule has 0 saturated carbocycles. The van der Waals surface area contributed by atoms with Gasteiger partial charge in [-0.25, -0.2) is 0 Å². The Labute approximate surface area is 189 Å². The van der Waals surface area contributed by atoms with Crippen LogP contribution < -0.4 is 9.64 Å². The van der Waals surface area contributed by atoms with Crippen LogP contribution >= 0.6 is 0 Å². The number of aromatic hydroxyl groups is 1. The van der Waals surface area contributed by atoms with Crippen LogP contribution in [0.3, 0.4) is 0 Å². The second kappa shape index (κ2) is 8.05. The Balaban J connectivity index is 1.65. The Morgan fingerprint density at radius 2 is 1.97 bits per heavy atom. The molecule has 2 aliphatic heterocycles. The van der Waals surface area contributed by atoms with Crippen LogP contribution in [0.4, 0.5) is 5.69 Å². The number of phenolic OH excluding ortho intramolecular Hbond substituents is 1. The molecule has 1 atom stereocenters. The minimum absolute atomic E-state index is 0.0105. The number of anilines is 1. The van der Waals surface area contributed by atoms with Crippen molar-refractivity contribution < 1.29 is 29.0 Å². The summed E-state index contributed by atoms with van der Waals surface area (Å²) in [7, 11) is 1.92. The lowest BCUT2D eigenvalue weighted by Gasteiger charge is -2.28. The van der Waals surface area contributed by atoms with Crippen LogP contribution in [0.25, 0.3) is 5.76 Å². The molecule has 1 aromatic heterocycles. The van der Waals surface area contributed by atoms with Gasteiger partial charge in [-0.2, -0.15) is 0 Å². The van der Waals surface area contributed by atoms with Crippen molar-refractivity contribution in [3.05, 3.63) is 83.3 Å². The molecular weight excluding hydrogens is 424 g/mol. The molecule has 1 fully saturated rings. The first-order valence-electron chi connectivity index (χ1n) is 10.5. The van der Waals surface area contributed by atoms with E-state index in [4.69, 9.17) is 9.15 Å². The number of rotatable bonds is 4. The normalized spacial score (nSPS) is 19.5. The average Bonchev–Trinajstić information content (AvgIpc) is 3.41. The van der Waals surface area contributed by atoms with Crippen LogP contribution in [-0.2, 0) is 16.1 Å². The molecule has 2 aromatic carbocycles. The Morgan fingerprint density at radius 1 is 1.12 bits per heavy atom. The highest BCUT2D eigenvalue weighted by molar-refractivity contribution is 6.46. The molecule has 8 nitrogen and oxygen atoms in total. The fraction of sp³-hybridized carbons (Fsp3) is 0.200. The molecule has 2 aliphatic rings. The van der Waals surface area contributed by atoms with Gasteiger partial charge in [0.05, 0.1) is 36.7 Å². The number of furan rings is 1. The van der Waals surface area contributed by atoms with E-state index in [9.17, 15) is 19.8 Å². The summed E-state index contributed by atoms with van der Waals surface area (Å²) in [5.74, 6) is -0.666. The van der Waals surface area contributed by atoms with Crippen molar-refractivity contribution in [2.75, 3.05) is 25.1 Å². The van der Waals surface area contributed by atoms with E-state index in [2.05, 4.69) is 0 Å². The van der Waals surface area contributed by atoms with Crippen molar-refractivity contribution in [1.82, 2.24) is 4.90 Å². The third kappa shape index (κ3) is 3.59. The summed E-state index contributed by atoms with van der Waals surface area (Å²) in [5.41, 5.74) is 1.63. The molecule has 1 unspecified atom stereocenters. The number of fused-ring (bicyclic) bond motifs is 1. The smallest absolute Gasteiger partial charge is 0.296 e. The number of aliphatic hydroxyl groups is 1. The summed E-state index contributed by atoms with van der Waals surface area (Å²) in [6.07, 6.45) is 1.49. The Morgan fingerprint density at radius 3 is 2.73 bits per heavy atom. The third-order valence-corrected chi connectivity index (χ3v) is 5.96. The first-order chi connectivity index (χ1) is 15.9. The van der Waals surface area contributed by atoms with E-state index in [0.29, 0.717) is 35.8 Å². The molecular formula is C25H22N2O6. The number of nitrogens with zero attached hydrogens (tertiary/aromatic N) is 2. The van der Waals surface area contributed by atoms with Crippen LogP contribution in [0, 0.1) is 0 Å². The van der Waals surface area contributed by atoms with Crippen molar-refractivity contribution in [3.8, 4) is 11.5 Å². The number of likely N-dealkylation sites (N-methyl/N-ethyl adjacent to an activating group) is 1. The SMILES string of the molecule is CN1CCOc2ccc(/C(O)=C3/C(=O)C(=O)N(Cc4ccco4)C3c3cccc(O)c3)cc21. The van der Waals surface area contributed by atoms with Gasteiger partial charge in [0.2, 0.25) is 0 Å². The van der Waals surface area contributed by atoms with Crippen LogP contribution in [0.1, 0.15) is 22.9 Å². The zero-order chi connectivity index (χ0) is 23.1. The van der Waals surface area contributed by atoms with Crippen LogP contribution in [-0.4, -0.2) is 47.0 Å². The summed E-state index contributed by atoms with van der Waals surface area (Å²) in [6.45, 7) is 1.29. The summed E-state index contributed by atoms with van der Waals surface area (Å²) in [6, 6.07) is 14.0. The van der Waals surface area contributed by atoms with Gasteiger partial charge in [0, 0.05) is 12.6 Å². The van der Waals surface area contributed by atoms with Gasteiger partial charge in [0.15, 0.2) is 0 Å². The molecule has 168 valence electrons. The molecule has 3 aromatic rings. The van der Waals surface area contributed by atoms with Gasteiger partial charge in [-0.1, -0.05) is 12.1 Å². The fourth-order valence-corrected chi connectivity index (χ4v) is 4.31. The number of Topliss-reactive ketones (excluding diaryl/α,β-unsaturated/α-hetero) is 1. The summed E-state index contributed by atoms with van der Waals surface area (Å²) in [5, 5.41) is 21.3. The summed E-state index contributed by atoms with van der Waals surface area (Å²) >= 11 is 0. The topological polar surface area (TPSA) is 103 Å². The Hall–Kier alpha value is -4.20. The zero-order valence-corrected chi connectivity index (χ0v) is 17.9. The molecule has 0 radical (unpaired) electrons. The first kappa shape index (κ1) is 20.7. The maximum Gasteiger partial charge on any atom is 0.296 e. The minimum Gasteiger partial charge on any atom is -0.508 e. The van der Waals surface area contributed by atoms with E-state index >= 15 is 0 Å². The van der Waals surface area contributed by atoms with Gasteiger partial charge in [0.1, 0.15) is 29.6 Å². The number of carbonyl (C=O) groups is 2.